The number of hydrogen-bond donors (Lipinski definition) is 3. The minimum Gasteiger partial charge on any atom is -0.480 e. The van der Waals surface area contributed by atoms with Gasteiger partial charge in [0.05, 0.1) is 10.6 Å². The first-order valence-corrected chi connectivity index (χ1v) is 7.03. The van der Waals surface area contributed by atoms with Crippen LogP contribution >= 0.6 is 15.9 Å². The maximum absolute atomic E-state index is 13.3. The molecule has 2 rings (SSSR count). The monoisotopic (exact) mass is 360 g/mol. The summed E-state index contributed by atoms with van der Waals surface area (Å²) in [5.41, 5.74) is 0.884. The molecule has 1 aromatic carbocycles. The van der Waals surface area contributed by atoms with E-state index in [1.165, 1.54) is 12.1 Å². The fourth-order valence-electron chi connectivity index (χ4n) is 2.24. The van der Waals surface area contributed by atoms with Crippen molar-refractivity contribution in [1.29, 1.82) is 0 Å². The van der Waals surface area contributed by atoms with Gasteiger partial charge in [-0.25, -0.2) is 14.0 Å². The molecule has 0 aromatic heterocycles. The number of aliphatic carboxylic acids is 1. The molecule has 0 aliphatic carbocycles. The maximum atomic E-state index is 13.3. The second-order valence-electron chi connectivity index (χ2n) is 4.91. The SMILES string of the molecule is Cc1cc(F)c(Br)cc1NC(=O)N1CC(O)C[C@H]1C(=O)O. The third-order valence-corrected chi connectivity index (χ3v) is 3.94. The number of carbonyl (C=O) groups excluding carboxylic acids is 1. The van der Waals surface area contributed by atoms with E-state index in [1.807, 2.05) is 0 Å². The summed E-state index contributed by atoms with van der Waals surface area (Å²) in [4.78, 5) is 24.3. The van der Waals surface area contributed by atoms with Crippen molar-refractivity contribution in [3.8, 4) is 0 Å². The third kappa shape index (κ3) is 3.33. The second kappa shape index (κ2) is 5.98. The minimum absolute atomic E-state index is 0.00511. The van der Waals surface area contributed by atoms with Crippen LogP contribution in [0.3, 0.4) is 0 Å². The normalized spacial score (nSPS) is 21.4. The van der Waals surface area contributed by atoms with Crippen LogP contribution in [0.1, 0.15) is 12.0 Å². The maximum Gasteiger partial charge on any atom is 0.326 e. The van der Waals surface area contributed by atoms with Gasteiger partial charge >= 0.3 is 12.0 Å². The predicted molar refractivity (Wildman–Crippen MR) is 76.6 cm³/mol. The number of hydrogen-bond acceptors (Lipinski definition) is 3. The summed E-state index contributed by atoms with van der Waals surface area (Å²) >= 11 is 3.02. The summed E-state index contributed by atoms with van der Waals surface area (Å²) in [6.45, 7) is 1.57. The number of β-amino-alcohol motifs (C(OH)–C–C–N with tert-alkyl or cyclic N) is 1. The van der Waals surface area contributed by atoms with E-state index in [0.717, 1.165) is 4.90 Å². The largest absolute Gasteiger partial charge is 0.480 e. The van der Waals surface area contributed by atoms with Crippen molar-refractivity contribution in [2.75, 3.05) is 11.9 Å². The Bertz CT molecular complexity index is 596. The van der Waals surface area contributed by atoms with Gasteiger partial charge in [-0.3, -0.25) is 0 Å². The summed E-state index contributed by atoms with van der Waals surface area (Å²) < 4.78 is 13.5. The van der Waals surface area contributed by atoms with E-state index < -0.39 is 30.0 Å². The van der Waals surface area contributed by atoms with Crippen LogP contribution in [0.2, 0.25) is 0 Å². The number of halogens is 2. The number of carboxylic acid groups (broad SMARTS) is 1. The number of carboxylic acids is 1. The molecule has 1 fully saturated rings. The summed E-state index contributed by atoms with van der Waals surface area (Å²) in [6, 6.07) is 0.961. The molecule has 2 amide bonds. The average molecular weight is 361 g/mol. The average Bonchev–Trinajstić information content (AvgIpc) is 2.78. The van der Waals surface area contributed by atoms with E-state index in [2.05, 4.69) is 21.2 Å². The van der Waals surface area contributed by atoms with Gasteiger partial charge in [0.15, 0.2) is 0 Å². The Labute approximate surface area is 128 Å². The number of urea groups is 1. The van der Waals surface area contributed by atoms with E-state index in [-0.39, 0.29) is 17.4 Å². The van der Waals surface area contributed by atoms with Gasteiger partial charge in [0.2, 0.25) is 0 Å². The predicted octanol–water partition coefficient (Wildman–Crippen LogP) is 1.95. The zero-order valence-electron chi connectivity index (χ0n) is 11.1. The van der Waals surface area contributed by atoms with Gasteiger partial charge in [-0.05, 0) is 40.5 Å². The Morgan fingerprint density at radius 1 is 1.48 bits per heavy atom. The number of rotatable bonds is 2. The Kier molecular flexibility index (Phi) is 4.48. The van der Waals surface area contributed by atoms with Gasteiger partial charge in [-0.1, -0.05) is 0 Å². The molecule has 21 heavy (non-hydrogen) atoms. The van der Waals surface area contributed by atoms with Gasteiger partial charge in [-0.15, -0.1) is 0 Å². The van der Waals surface area contributed by atoms with Crippen molar-refractivity contribution < 1.29 is 24.2 Å². The van der Waals surface area contributed by atoms with Crippen LogP contribution in [0, 0.1) is 12.7 Å². The van der Waals surface area contributed by atoms with E-state index in [9.17, 15) is 19.1 Å². The van der Waals surface area contributed by atoms with Crippen LogP contribution in [0.15, 0.2) is 16.6 Å². The van der Waals surface area contributed by atoms with Gasteiger partial charge in [0, 0.05) is 18.7 Å². The van der Waals surface area contributed by atoms with E-state index in [1.54, 1.807) is 6.92 Å². The molecule has 1 unspecified atom stereocenters. The van der Waals surface area contributed by atoms with Crippen molar-refractivity contribution in [2.24, 2.45) is 0 Å². The van der Waals surface area contributed by atoms with Crippen LogP contribution in [-0.4, -0.2) is 45.8 Å². The minimum atomic E-state index is -1.17. The number of nitrogens with zero attached hydrogens (tertiary/aromatic N) is 1. The number of aliphatic hydroxyl groups is 1. The van der Waals surface area contributed by atoms with Crippen molar-refractivity contribution >= 4 is 33.6 Å². The highest BCUT2D eigenvalue weighted by atomic mass is 79.9. The van der Waals surface area contributed by atoms with Crippen molar-refractivity contribution in [2.45, 2.75) is 25.5 Å². The number of carbonyl (C=O) groups is 2. The van der Waals surface area contributed by atoms with Gasteiger partial charge in [0.1, 0.15) is 11.9 Å². The quantitative estimate of drug-likeness (QED) is 0.751. The van der Waals surface area contributed by atoms with Crippen molar-refractivity contribution in [3.05, 3.63) is 28.0 Å². The van der Waals surface area contributed by atoms with Crippen LogP contribution in [0.25, 0.3) is 0 Å². The standard InChI is InChI=1S/C13H14BrFN2O4/c1-6-2-9(15)8(14)4-10(6)16-13(21)17-5-7(18)3-11(17)12(19)20/h2,4,7,11,18H,3,5H2,1H3,(H,16,21)(H,19,20)/t7?,11-/m0/s1. The molecule has 1 heterocycles. The molecule has 1 aliphatic rings. The molecule has 3 N–H and O–H groups in total. The first-order valence-electron chi connectivity index (χ1n) is 6.23. The Morgan fingerprint density at radius 2 is 2.14 bits per heavy atom. The van der Waals surface area contributed by atoms with Crippen LogP contribution in [0.5, 0.6) is 0 Å². The number of likely N-dealkylation sites (tertiary alicyclic amines) is 1. The van der Waals surface area contributed by atoms with Crippen LogP contribution in [0.4, 0.5) is 14.9 Å². The lowest BCUT2D eigenvalue weighted by molar-refractivity contribution is -0.141. The first kappa shape index (κ1) is 15.7. The molecule has 8 heteroatoms. The molecule has 6 nitrogen and oxygen atoms in total. The van der Waals surface area contributed by atoms with Gasteiger partial charge < -0.3 is 20.4 Å². The van der Waals surface area contributed by atoms with E-state index in [4.69, 9.17) is 5.11 Å². The van der Waals surface area contributed by atoms with Crippen LogP contribution < -0.4 is 5.32 Å². The highest BCUT2D eigenvalue weighted by molar-refractivity contribution is 9.10. The zero-order valence-corrected chi connectivity index (χ0v) is 12.7. The number of amides is 2. The molecular weight excluding hydrogens is 347 g/mol. The molecule has 0 radical (unpaired) electrons. The lowest BCUT2D eigenvalue weighted by Crippen LogP contribution is -2.43. The summed E-state index contributed by atoms with van der Waals surface area (Å²) in [7, 11) is 0. The topological polar surface area (TPSA) is 89.9 Å². The summed E-state index contributed by atoms with van der Waals surface area (Å²) in [6.07, 6.45) is -0.868. The zero-order chi connectivity index (χ0) is 15.7. The highest BCUT2D eigenvalue weighted by Crippen LogP contribution is 2.26. The number of aliphatic hydroxyl groups excluding tert-OH is 1. The summed E-state index contributed by atoms with van der Waals surface area (Å²) in [5.74, 6) is -1.62. The smallest absolute Gasteiger partial charge is 0.326 e. The van der Waals surface area contributed by atoms with Gasteiger partial charge in [0.25, 0.3) is 0 Å². The van der Waals surface area contributed by atoms with Crippen LogP contribution in [-0.2, 0) is 4.79 Å². The van der Waals surface area contributed by atoms with Crippen molar-refractivity contribution in [1.82, 2.24) is 4.90 Å². The van der Waals surface area contributed by atoms with E-state index in [0.29, 0.717) is 11.3 Å². The lowest BCUT2D eigenvalue weighted by Gasteiger charge is -2.22. The molecule has 0 spiro atoms. The fraction of sp³-hybridized carbons (Fsp3) is 0.385. The number of anilines is 1. The number of aryl methyl sites for hydroxylation is 1. The molecule has 1 saturated heterocycles. The third-order valence-electron chi connectivity index (χ3n) is 3.33. The number of nitrogens with one attached hydrogen (secondary N) is 1. The second-order valence-corrected chi connectivity index (χ2v) is 5.76. The number of benzene rings is 1. The highest BCUT2D eigenvalue weighted by Gasteiger charge is 2.39. The molecule has 0 bridgehead atoms. The lowest BCUT2D eigenvalue weighted by atomic mass is 10.2. The molecule has 1 aromatic rings. The van der Waals surface area contributed by atoms with E-state index >= 15 is 0 Å². The molecular formula is C13H14BrFN2O4. The Hall–Kier alpha value is -1.67. The summed E-state index contributed by atoms with van der Waals surface area (Å²) in [5, 5.41) is 21.1. The first-order chi connectivity index (χ1) is 9.79. The fourth-order valence-corrected chi connectivity index (χ4v) is 2.58. The van der Waals surface area contributed by atoms with Gasteiger partial charge in [-0.2, -0.15) is 0 Å². The Morgan fingerprint density at radius 3 is 2.76 bits per heavy atom. The molecule has 0 saturated carbocycles. The molecule has 2 atom stereocenters. The Balaban J connectivity index is 2.18. The molecule has 114 valence electrons. The van der Waals surface area contributed by atoms with Crippen molar-refractivity contribution in [3.63, 3.8) is 0 Å². The molecule has 1 aliphatic heterocycles.